The Hall–Kier alpha value is -2.91. The first kappa shape index (κ1) is 20.8. The van der Waals surface area contributed by atoms with Crippen LogP contribution in [-0.4, -0.2) is 41.8 Å². The molecule has 0 spiro atoms. The van der Waals surface area contributed by atoms with E-state index in [4.69, 9.17) is 21.7 Å². The molecular weight excluding hydrogens is 415 g/mol. The van der Waals surface area contributed by atoms with E-state index in [0.717, 1.165) is 17.3 Å². The van der Waals surface area contributed by atoms with Crippen molar-refractivity contribution >= 4 is 51.9 Å². The predicted octanol–water partition coefficient (Wildman–Crippen LogP) is 3.68. The maximum absolute atomic E-state index is 13.0. The van der Waals surface area contributed by atoms with Gasteiger partial charge in [-0.2, -0.15) is 0 Å². The summed E-state index contributed by atoms with van der Waals surface area (Å²) in [5.41, 5.74) is 1.17. The van der Waals surface area contributed by atoms with Crippen molar-refractivity contribution in [1.82, 2.24) is 4.90 Å². The highest BCUT2D eigenvalue weighted by Crippen LogP contribution is 2.34. The van der Waals surface area contributed by atoms with Crippen molar-refractivity contribution in [3.8, 4) is 11.5 Å². The Kier molecular flexibility index (Phi) is 6.50. The Labute approximate surface area is 176 Å². The molecule has 6 nitrogen and oxygen atoms in total. The monoisotopic (exact) mass is 432 g/mol. The van der Waals surface area contributed by atoms with Crippen molar-refractivity contribution in [2.24, 2.45) is 0 Å². The van der Waals surface area contributed by atoms with Gasteiger partial charge in [0.2, 0.25) is 5.91 Å². The van der Waals surface area contributed by atoms with Gasteiger partial charge in [0.25, 0.3) is 5.91 Å². The van der Waals surface area contributed by atoms with E-state index in [0.29, 0.717) is 22.1 Å². The molecule has 0 bridgehead atoms. The third-order valence-corrected chi connectivity index (χ3v) is 5.39. The van der Waals surface area contributed by atoms with Crippen LogP contribution < -0.4 is 14.8 Å². The molecule has 0 unspecified atom stereocenters. The predicted molar refractivity (Wildman–Crippen MR) is 114 cm³/mol. The summed E-state index contributed by atoms with van der Waals surface area (Å²) >= 11 is 6.37. The minimum absolute atomic E-state index is 0.231. The van der Waals surface area contributed by atoms with Crippen LogP contribution in [0.15, 0.2) is 47.4 Å². The number of anilines is 1. The number of nitrogens with zero attached hydrogens (tertiary/aromatic N) is 1. The number of benzene rings is 2. The van der Waals surface area contributed by atoms with Gasteiger partial charge in [-0.1, -0.05) is 30.0 Å². The Bertz CT molecular complexity index is 992. The largest absolute Gasteiger partial charge is 0.493 e. The highest BCUT2D eigenvalue weighted by atomic mass is 32.2. The summed E-state index contributed by atoms with van der Waals surface area (Å²) in [6, 6.07) is 10.6. The molecular formula is C20H17FN2O4S2. The maximum Gasteiger partial charge on any atom is 0.266 e. The molecule has 1 aliphatic heterocycles. The second kappa shape index (κ2) is 9.06. The molecule has 2 aromatic rings. The zero-order valence-corrected chi connectivity index (χ0v) is 17.2. The summed E-state index contributed by atoms with van der Waals surface area (Å²) in [6.07, 6.45) is 1.68. The van der Waals surface area contributed by atoms with Gasteiger partial charge in [-0.3, -0.25) is 14.5 Å². The molecule has 3 rings (SSSR count). The highest BCUT2D eigenvalue weighted by molar-refractivity contribution is 8.26. The molecule has 0 radical (unpaired) electrons. The molecule has 1 saturated heterocycles. The van der Waals surface area contributed by atoms with E-state index in [1.54, 1.807) is 31.4 Å². The van der Waals surface area contributed by atoms with E-state index in [1.165, 1.54) is 36.3 Å². The van der Waals surface area contributed by atoms with E-state index in [1.807, 2.05) is 0 Å². The van der Waals surface area contributed by atoms with Crippen LogP contribution in [-0.2, 0) is 9.59 Å². The minimum Gasteiger partial charge on any atom is -0.493 e. The van der Waals surface area contributed by atoms with Crippen LogP contribution in [0.25, 0.3) is 6.08 Å². The van der Waals surface area contributed by atoms with Gasteiger partial charge in [-0.05, 0) is 48.0 Å². The lowest BCUT2D eigenvalue weighted by Crippen LogP contribution is -2.36. The Morgan fingerprint density at radius 2 is 1.86 bits per heavy atom. The minimum atomic E-state index is -0.430. The zero-order valence-electron chi connectivity index (χ0n) is 15.6. The van der Waals surface area contributed by atoms with Crippen molar-refractivity contribution in [3.05, 3.63) is 58.8 Å². The number of carbonyl (C=O) groups excluding carboxylic acids is 2. The molecule has 0 aliphatic carbocycles. The molecule has 0 aromatic heterocycles. The number of hydrogen-bond donors (Lipinski definition) is 1. The fourth-order valence-electron chi connectivity index (χ4n) is 2.61. The summed E-state index contributed by atoms with van der Waals surface area (Å²) < 4.78 is 23.7. The topological polar surface area (TPSA) is 67.9 Å². The molecule has 0 atom stereocenters. The molecule has 1 heterocycles. The lowest BCUT2D eigenvalue weighted by molar-refractivity contribution is -0.126. The van der Waals surface area contributed by atoms with Crippen molar-refractivity contribution < 1.29 is 23.5 Å². The fraction of sp³-hybridized carbons (Fsp3) is 0.150. The third-order valence-electron chi connectivity index (χ3n) is 4.01. The summed E-state index contributed by atoms with van der Waals surface area (Å²) in [5, 5.41) is 2.61. The first-order valence-electron chi connectivity index (χ1n) is 8.44. The number of thiocarbonyl (C=S) groups is 1. The first-order chi connectivity index (χ1) is 13.9. The lowest BCUT2D eigenvalue weighted by Gasteiger charge is -2.14. The Balaban J connectivity index is 1.71. The number of ether oxygens (including phenoxy) is 2. The Morgan fingerprint density at radius 3 is 2.52 bits per heavy atom. The second-order valence-corrected chi connectivity index (χ2v) is 7.61. The van der Waals surface area contributed by atoms with Gasteiger partial charge >= 0.3 is 0 Å². The Morgan fingerprint density at radius 1 is 1.17 bits per heavy atom. The second-order valence-electron chi connectivity index (χ2n) is 5.94. The van der Waals surface area contributed by atoms with Gasteiger partial charge in [0.15, 0.2) is 11.5 Å². The first-order valence-corrected chi connectivity index (χ1v) is 9.66. The van der Waals surface area contributed by atoms with Gasteiger partial charge < -0.3 is 14.8 Å². The highest BCUT2D eigenvalue weighted by Gasteiger charge is 2.33. The number of carbonyl (C=O) groups is 2. The van der Waals surface area contributed by atoms with Crippen LogP contribution in [0.1, 0.15) is 5.56 Å². The van der Waals surface area contributed by atoms with E-state index in [-0.39, 0.29) is 16.8 Å². The molecule has 150 valence electrons. The number of thioether (sulfide) groups is 1. The fourth-order valence-corrected chi connectivity index (χ4v) is 3.86. The molecule has 1 aliphatic rings. The van der Waals surface area contributed by atoms with Crippen molar-refractivity contribution in [1.29, 1.82) is 0 Å². The zero-order chi connectivity index (χ0) is 21.0. The molecule has 2 amide bonds. The van der Waals surface area contributed by atoms with Gasteiger partial charge in [0, 0.05) is 5.69 Å². The van der Waals surface area contributed by atoms with Crippen LogP contribution in [0, 0.1) is 5.82 Å². The maximum atomic E-state index is 13.0. The van der Waals surface area contributed by atoms with Gasteiger partial charge in [0.1, 0.15) is 16.7 Å². The van der Waals surface area contributed by atoms with Crippen molar-refractivity contribution in [3.63, 3.8) is 0 Å². The number of halogens is 1. The average Bonchev–Trinajstić information content (AvgIpc) is 2.97. The van der Waals surface area contributed by atoms with Crippen LogP contribution in [0.2, 0.25) is 0 Å². The quantitative estimate of drug-likeness (QED) is 0.555. The van der Waals surface area contributed by atoms with Crippen LogP contribution in [0.3, 0.4) is 0 Å². The average molecular weight is 432 g/mol. The number of methoxy groups -OCH3 is 2. The molecule has 29 heavy (non-hydrogen) atoms. The molecule has 1 N–H and O–H groups in total. The van der Waals surface area contributed by atoms with E-state index in [9.17, 15) is 14.0 Å². The van der Waals surface area contributed by atoms with E-state index in [2.05, 4.69) is 5.32 Å². The summed E-state index contributed by atoms with van der Waals surface area (Å²) in [7, 11) is 3.07. The van der Waals surface area contributed by atoms with Gasteiger partial charge in [0.05, 0.1) is 19.1 Å². The SMILES string of the molecule is COc1ccc(/C=C2\SC(=S)N(CC(=O)Nc3ccc(F)cc3)C2=O)cc1OC. The summed E-state index contributed by atoms with van der Waals surface area (Å²) in [6.45, 7) is -0.231. The van der Waals surface area contributed by atoms with Crippen molar-refractivity contribution in [2.75, 3.05) is 26.1 Å². The standard InChI is InChI=1S/C20H17FN2O4S2/c1-26-15-8-3-12(9-16(15)27-2)10-17-19(25)23(20(28)29-17)11-18(24)22-14-6-4-13(21)5-7-14/h3-10H,11H2,1-2H3,(H,22,24)/b17-10-. The molecule has 0 saturated carbocycles. The van der Waals surface area contributed by atoms with Crippen LogP contribution >= 0.6 is 24.0 Å². The summed E-state index contributed by atoms with van der Waals surface area (Å²) in [5.74, 6) is -0.0744. The number of amides is 2. The summed E-state index contributed by atoms with van der Waals surface area (Å²) in [4.78, 5) is 26.6. The number of rotatable bonds is 6. The smallest absolute Gasteiger partial charge is 0.266 e. The van der Waals surface area contributed by atoms with Crippen molar-refractivity contribution in [2.45, 2.75) is 0 Å². The normalized spacial score (nSPS) is 15.0. The third kappa shape index (κ3) is 4.93. The van der Waals surface area contributed by atoms with Gasteiger partial charge in [-0.25, -0.2) is 4.39 Å². The number of nitrogens with one attached hydrogen (secondary N) is 1. The van der Waals surface area contributed by atoms with Gasteiger partial charge in [-0.15, -0.1) is 0 Å². The molecule has 9 heteroatoms. The van der Waals surface area contributed by atoms with Crippen LogP contribution in [0.4, 0.5) is 10.1 Å². The van der Waals surface area contributed by atoms with E-state index >= 15 is 0 Å². The lowest BCUT2D eigenvalue weighted by atomic mass is 10.2. The van der Waals surface area contributed by atoms with Crippen LogP contribution in [0.5, 0.6) is 11.5 Å². The molecule has 1 fully saturated rings. The number of hydrogen-bond acceptors (Lipinski definition) is 6. The molecule has 2 aromatic carbocycles. The van der Waals surface area contributed by atoms with E-state index < -0.39 is 11.7 Å².